The van der Waals surface area contributed by atoms with E-state index in [1.807, 2.05) is 0 Å². The van der Waals surface area contributed by atoms with Gasteiger partial charge < -0.3 is 15.4 Å². The summed E-state index contributed by atoms with van der Waals surface area (Å²) in [7, 11) is 3.88. The highest BCUT2D eigenvalue weighted by atomic mass is 32.1. The molecule has 1 saturated heterocycles. The molecule has 2 heterocycles. The smallest absolute Gasteiger partial charge is 0.186 e. The van der Waals surface area contributed by atoms with Crippen molar-refractivity contribution in [1.29, 1.82) is 0 Å². The molecule has 1 aliphatic rings. The molecule has 2 atom stereocenters. The zero-order valence-electron chi connectivity index (χ0n) is 12.2. The van der Waals surface area contributed by atoms with Crippen molar-refractivity contribution in [1.82, 2.24) is 9.88 Å². The fraction of sp³-hybridized carbons (Fsp3) is 0.769. The van der Waals surface area contributed by atoms with Crippen LogP contribution in [0, 0.1) is 0 Å². The lowest BCUT2D eigenvalue weighted by atomic mass is 10.1. The van der Waals surface area contributed by atoms with Crippen molar-refractivity contribution in [2.24, 2.45) is 5.73 Å². The zero-order valence-corrected chi connectivity index (χ0v) is 13.0. The largest absolute Gasteiger partial charge is 0.378 e. The molecular weight excluding hydrogens is 260 g/mol. The van der Waals surface area contributed by atoms with Crippen LogP contribution in [-0.4, -0.2) is 49.2 Å². The highest BCUT2D eigenvalue weighted by molar-refractivity contribution is 7.15. The summed E-state index contributed by atoms with van der Waals surface area (Å²) in [5.74, 6) is 0. The first kappa shape index (κ1) is 14.7. The number of methoxy groups -OCH3 is 1. The van der Waals surface area contributed by atoms with Crippen LogP contribution in [0.3, 0.4) is 0 Å². The highest BCUT2D eigenvalue weighted by Crippen LogP contribution is 2.29. The van der Waals surface area contributed by atoms with E-state index in [1.54, 1.807) is 18.4 Å². The van der Waals surface area contributed by atoms with Crippen LogP contribution in [0.2, 0.25) is 0 Å². The fourth-order valence-corrected chi connectivity index (χ4v) is 3.43. The first-order valence-corrected chi connectivity index (χ1v) is 7.53. The molecule has 0 bridgehead atoms. The molecule has 2 rings (SSSR count). The Bertz CT molecular complexity index is 411. The van der Waals surface area contributed by atoms with Crippen LogP contribution in [0.25, 0.3) is 0 Å². The molecule has 0 amide bonds. The van der Waals surface area contributed by atoms with Crippen molar-refractivity contribution in [2.75, 3.05) is 32.1 Å². The molecule has 0 spiro atoms. The van der Waals surface area contributed by atoms with Crippen molar-refractivity contribution in [3.05, 3.63) is 10.6 Å². The maximum Gasteiger partial charge on any atom is 0.186 e. The Hall–Kier alpha value is -0.690. The van der Waals surface area contributed by atoms with E-state index in [-0.39, 0.29) is 0 Å². The number of ether oxygens (including phenoxy) is 1. The number of likely N-dealkylation sites (N-methyl/N-ethyl adjacent to an activating group) is 1. The summed E-state index contributed by atoms with van der Waals surface area (Å²) in [6, 6.07) is 1.08. The second-order valence-electron chi connectivity index (χ2n) is 5.27. The maximum absolute atomic E-state index is 5.79. The Balaban J connectivity index is 2.17. The number of hydrogen-bond acceptors (Lipinski definition) is 6. The molecule has 0 saturated carbocycles. The minimum Gasteiger partial charge on any atom is -0.378 e. The Morgan fingerprint density at radius 1 is 1.37 bits per heavy atom. The maximum atomic E-state index is 5.79. The van der Waals surface area contributed by atoms with Crippen molar-refractivity contribution in [3.63, 3.8) is 0 Å². The van der Waals surface area contributed by atoms with Crippen LogP contribution >= 0.6 is 11.3 Å². The number of rotatable bonds is 4. The SMILES string of the molecule is COCc1nc(N2CC(C)N(C)C(C)C2)sc1CN. The first-order chi connectivity index (χ1) is 9.06. The minimum absolute atomic E-state index is 0.537. The normalized spacial score (nSPS) is 25.0. The summed E-state index contributed by atoms with van der Waals surface area (Å²) < 4.78 is 5.19. The third-order valence-corrected chi connectivity index (χ3v) is 5.04. The van der Waals surface area contributed by atoms with E-state index >= 15 is 0 Å². The quantitative estimate of drug-likeness (QED) is 0.902. The number of nitrogens with two attached hydrogens (primary N) is 1. The lowest BCUT2D eigenvalue weighted by Crippen LogP contribution is -2.55. The van der Waals surface area contributed by atoms with Crippen LogP contribution in [-0.2, 0) is 17.9 Å². The van der Waals surface area contributed by atoms with Gasteiger partial charge in [-0.1, -0.05) is 0 Å². The van der Waals surface area contributed by atoms with Crippen LogP contribution in [0.1, 0.15) is 24.4 Å². The molecule has 0 radical (unpaired) electrons. The van der Waals surface area contributed by atoms with Crippen LogP contribution in [0.15, 0.2) is 0 Å². The van der Waals surface area contributed by atoms with E-state index < -0.39 is 0 Å². The molecule has 2 N–H and O–H groups in total. The Labute approximate surface area is 119 Å². The van der Waals surface area contributed by atoms with Gasteiger partial charge in [-0.15, -0.1) is 11.3 Å². The first-order valence-electron chi connectivity index (χ1n) is 6.71. The van der Waals surface area contributed by atoms with E-state index in [9.17, 15) is 0 Å². The average Bonchev–Trinajstić information content (AvgIpc) is 2.79. The monoisotopic (exact) mass is 284 g/mol. The summed E-state index contributed by atoms with van der Waals surface area (Å²) in [5, 5.41) is 1.08. The van der Waals surface area contributed by atoms with E-state index in [2.05, 4.69) is 30.7 Å². The van der Waals surface area contributed by atoms with Gasteiger partial charge in [0.05, 0.1) is 12.3 Å². The average molecular weight is 284 g/mol. The van der Waals surface area contributed by atoms with Crippen molar-refractivity contribution >= 4 is 16.5 Å². The highest BCUT2D eigenvalue weighted by Gasteiger charge is 2.28. The van der Waals surface area contributed by atoms with Gasteiger partial charge in [0.2, 0.25) is 0 Å². The van der Waals surface area contributed by atoms with Gasteiger partial charge in [0.25, 0.3) is 0 Å². The summed E-state index contributed by atoms with van der Waals surface area (Å²) in [6.45, 7) is 7.64. The molecule has 1 fully saturated rings. The van der Waals surface area contributed by atoms with Gasteiger partial charge in [-0.2, -0.15) is 0 Å². The van der Waals surface area contributed by atoms with Gasteiger partial charge in [0.15, 0.2) is 5.13 Å². The fourth-order valence-electron chi connectivity index (χ4n) is 2.47. The van der Waals surface area contributed by atoms with E-state index in [1.165, 1.54) is 0 Å². The Kier molecular flexibility index (Phi) is 4.78. The lowest BCUT2D eigenvalue weighted by molar-refractivity contribution is 0.169. The standard InChI is InChI=1S/C13H24N4OS/c1-9-6-17(7-10(2)16(9)3)13-15-11(8-18-4)12(5-14)19-13/h9-10H,5-8,14H2,1-4H3. The molecular formula is C13H24N4OS. The van der Waals surface area contributed by atoms with Crippen molar-refractivity contribution in [2.45, 2.75) is 39.1 Å². The van der Waals surface area contributed by atoms with Crippen molar-refractivity contribution < 1.29 is 4.74 Å². The molecule has 1 aliphatic heterocycles. The number of anilines is 1. The number of thiazole rings is 1. The number of hydrogen-bond donors (Lipinski definition) is 1. The Morgan fingerprint density at radius 2 is 2.00 bits per heavy atom. The number of aromatic nitrogens is 1. The molecule has 1 aromatic heterocycles. The summed E-state index contributed by atoms with van der Waals surface area (Å²) in [5.41, 5.74) is 6.78. The number of piperazine rings is 1. The molecule has 0 aliphatic carbocycles. The molecule has 5 nitrogen and oxygen atoms in total. The second-order valence-corrected chi connectivity index (χ2v) is 6.33. The van der Waals surface area contributed by atoms with Crippen molar-refractivity contribution in [3.8, 4) is 0 Å². The van der Waals surface area contributed by atoms with E-state index in [4.69, 9.17) is 15.5 Å². The number of nitrogens with zero attached hydrogens (tertiary/aromatic N) is 3. The van der Waals surface area contributed by atoms with Gasteiger partial charge in [-0.25, -0.2) is 4.98 Å². The summed E-state index contributed by atoms with van der Waals surface area (Å²) in [6.07, 6.45) is 0. The molecule has 2 unspecified atom stereocenters. The molecule has 19 heavy (non-hydrogen) atoms. The molecule has 1 aromatic rings. The van der Waals surface area contributed by atoms with Gasteiger partial charge in [0.1, 0.15) is 0 Å². The zero-order chi connectivity index (χ0) is 14.0. The second kappa shape index (κ2) is 6.17. The molecule has 6 heteroatoms. The van der Waals surface area contributed by atoms with Gasteiger partial charge in [-0.3, -0.25) is 4.90 Å². The summed E-state index contributed by atoms with van der Waals surface area (Å²) >= 11 is 1.70. The minimum atomic E-state index is 0.537. The van der Waals surface area contributed by atoms with E-state index in [0.29, 0.717) is 25.2 Å². The van der Waals surface area contributed by atoms with Crippen LogP contribution < -0.4 is 10.6 Å². The van der Waals surface area contributed by atoms with Gasteiger partial charge in [0, 0.05) is 43.7 Å². The lowest BCUT2D eigenvalue weighted by Gasteiger charge is -2.42. The predicted molar refractivity (Wildman–Crippen MR) is 79.6 cm³/mol. The van der Waals surface area contributed by atoms with Gasteiger partial charge in [-0.05, 0) is 20.9 Å². The Morgan fingerprint density at radius 3 is 2.53 bits per heavy atom. The molecule has 108 valence electrons. The van der Waals surface area contributed by atoms with Gasteiger partial charge >= 0.3 is 0 Å². The summed E-state index contributed by atoms with van der Waals surface area (Å²) in [4.78, 5) is 10.6. The molecule has 0 aromatic carbocycles. The van der Waals surface area contributed by atoms with Crippen LogP contribution in [0.4, 0.5) is 5.13 Å². The topological polar surface area (TPSA) is 54.6 Å². The third-order valence-electron chi connectivity index (χ3n) is 3.86. The third kappa shape index (κ3) is 3.08. The van der Waals surface area contributed by atoms with Crippen LogP contribution in [0.5, 0.6) is 0 Å². The predicted octanol–water partition coefficient (Wildman–Crippen LogP) is 1.28. The van der Waals surface area contributed by atoms with E-state index in [0.717, 1.165) is 28.8 Å².